The number of aryl methyl sites for hydroxylation is 2. The van der Waals surface area contributed by atoms with Gasteiger partial charge < -0.3 is 15.6 Å². The first-order valence-corrected chi connectivity index (χ1v) is 8.40. The smallest absolute Gasteiger partial charge is 0.255 e. The first kappa shape index (κ1) is 14.8. The summed E-state index contributed by atoms with van der Waals surface area (Å²) in [7, 11) is 2.13. The lowest BCUT2D eigenvalue weighted by molar-refractivity contribution is 0.102. The van der Waals surface area contributed by atoms with Crippen molar-refractivity contribution < 1.29 is 4.79 Å². The lowest BCUT2D eigenvalue weighted by Gasteiger charge is -2.13. The molecule has 0 saturated heterocycles. The maximum absolute atomic E-state index is 12.6. The van der Waals surface area contributed by atoms with E-state index in [-0.39, 0.29) is 5.91 Å². The molecule has 0 unspecified atom stereocenters. The third-order valence-corrected chi connectivity index (χ3v) is 4.96. The summed E-state index contributed by atoms with van der Waals surface area (Å²) in [6, 6.07) is 13.2. The largest absolute Gasteiger partial charge is 0.399 e. The standard InChI is InChI=1S/C20H21N3O/c1-23-18-5-3-2-4-16(18)17-12-13(6-11-19(17)23)20(24)22-15-9-7-14(21)8-10-15/h6-12H,2-5,21H2,1H3,(H,22,24). The maximum atomic E-state index is 12.6. The molecule has 1 aliphatic rings. The zero-order valence-corrected chi connectivity index (χ0v) is 13.8. The molecule has 4 rings (SSSR count). The van der Waals surface area contributed by atoms with E-state index in [2.05, 4.69) is 23.0 Å². The lowest BCUT2D eigenvalue weighted by atomic mass is 9.95. The van der Waals surface area contributed by atoms with Gasteiger partial charge in [-0.15, -0.1) is 0 Å². The van der Waals surface area contributed by atoms with Gasteiger partial charge in [-0.25, -0.2) is 0 Å². The number of carbonyl (C=O) groups excluding carboxylic acids is 1. The van der Waals surface area contributed by atoms with Crippen LogP contribution in [-0.2, 0) is 19.9 Å². The summed E-state index contributed by atoms with van der Waals surface area (Å²) in [6.45, 7) is 0. The molecule has 0 atom stereocenters. The Morgan fingerprint density at radius 1 is 1.08 bits per heavy atom. The Labute approximate surface area is 141 Å². The van der Waals surface area contributed by atoms with Gasteiger partial charge in [0, 0.05) is 40.6 Å². The van der Waals surface area contributed by atoms with E-state index < -0.39 is 0 Å². The van der Waals surface area contributed by atoms with Gasteiger partial charge in [0.1, 0.15) is 0 Å². The fourth-order valence-electron chi connectivity index (χ4n) is 3.68. The highest BCUT2D eigenvalue weighted by Crippen LogP contribution is 2.32. The average Bonchev–Trinajstić information content (AvgIpc) is 2.90. The molecule has 0 bridgehead atoms. The lowest BCUT2D eigenvalue weighted by Crippen LogP contribution is -2.11. The van der Waals surface area contributed by atoms with Crippen LogP contribution in [0, 0.1) is 0 Å². The van der Waals surface area contributed by atoms with E-state index in [4.69, 9.17) is 5.73 Å². The molecule has 0 saturated carbocycles. The molecule has 0 spiro atoms. The summed E-state index contributed by atoms with van der Waals surface area (Å²) in [5.41, 5.74) is 11.9. The minimum atomic E-state index is -0.0879. The van der Waals surface area contributed by atoms with Crippen LogP contribution >= 0.6 is 0 Å². The number of benzene rings is 2. The Hall–Kier alpha value is -2.75. The van der Waals surface area contributed by atoms with Crippen molar-refractivity contribution in [2.75, 3.05) is 11.1 Å². The fourth-order valence-corrected chi connectivity index (χ4v) is 3.68. The SMILES string of the molecule is Cn1c2c(c3cc(C(=O)Nc4ccc(N)cc4)ccc31)CCCC2. The molecular formula is C20H21N3O. The van der Waals surface area contributed by atoms with Gasteiger partial charge >= 0.3 is 0 Å². The van der Waals surface area contributed by atoms with Crippen molar-refractivity contribution in [1.29, 1.82) is 0 Å². The van der Waals surface area contributed by atoms with Gasteiger partial charge in [-0.2, -0.15) is 0 Å². The molecule has 0 fully saturated rings. The van der Waals surface area contributed by atoms with E-state index >= 15 is 0 Å². The number of hydrogen-bond donors (Lipinski definition) is 2. The maximum Gasteiger partial charge on any atom is 0.255 e. The van der Waals surface area contributed by atoms with E-state index in [1.54, 1.807) is 12.1 Å². The molecule has 1 aliphatic carbocycles. The van der Waals surface area contributed by atoms with Crippen molar-refractivity contribution in [3.63, 3.8) is 0 Å². The van der Waals surface area contributed by atoms with Crippen LogP contribution in [0.2, 0.25) is 0 Å². The summed E-state index contributed by atoms with van der Waals surface area (Å²) < 4.78 is 2.28. The molecule has 1 amide bonds. The van der Waals surface area contributed by atoms with E-state index in [0.29, 0.717) is 11.3 Å². The number of aromatic nitrogens is 1. The second-order valence-corrected chi connectivity index (χ2v) is 6.50. The Morgan fingerprint density at radius 2 is 1.83 bits per heavy atom. The molecule has 1 heterocycles. The van der Waals surface area contributed by atoms with Gasteiger partial charge in [0.05, 0.1) is 0 Å². The number of nitrogens with one attached hydrogen (secondary N) is 1. The van der Waals surface area contributed by atoms with E-state index in [0.717, 1.165) is 18.5 Å². The minimum Gasteiger partial charge on any atom is -0.399 e. The molecule has 122 valence electrons. The van der Waals surface area contributed by atoms with E-state index in [1.807, 2.05) is 24.3 Å². The molecule has 3 aromatic rings. The second-order valence-electron chi connectivity index (χ2n) is 6.50. The third kappa shape index (κ3) is 2.44. The van der Waals surface area contributed by atoms with Crippen molar-refractivity contribution in [3.05, 3.63) is 59.3 Å². The summed E-state index contributed by atoms with van der Waals surface area (Å²) in [5.74, 6) is -0.0879. The van der Waals surface area contributed by atoms with Crippen molar-refractivity contribution in [2.45, 2.75) is 25.7 Å². The molecule has 0 radical (unpaired) electrons. The predicted octanol–water partition coefficient (Wildman–Crippen LogP) is 3.89. The normalized spacial score (nSPS) is 13.7. The number of nitrogen functional groups attached to an aromatic ring is 1. The number of hydrogen-bond acceptors (Lipinski definition) is 2. The van der Waals surface area contributed by atoms with Gasteiger partial charge in [0.25, 0.3) is 5.91 Å². The minimum absolute atomic E-state index is 0.0879. The molecule has 24 heavy (non-hydrogen) atoms. The van der Waals surface area contributed by atoms with Gasteiger partial charge in [-0.1, -0.05) is 0 Å². The number of rotatable bonds is 2. The van der Waals surface area contributed by atoms with Crippen LogP contribution in [0.5, 0.6) is 0 Å². The highest BCUT2D eigenvalue weighted by atomic mass is 16.1. The monoisotopic (exact) mass is 319 g/mol. The first-order valence-electron chi connectivity index (χ1n) is 8.40. The number of carbonyl (C=O) groups is 1. The summed E-state index contributed by atoms with van der Waals surface area (Å²) in [4.78, 5) is 12.6. The van der Waals surface area contributed by atoms with Crippen molar-refractivity contribution in [2.24, 2.45) is 7.05 Å². The van der Waals surface area contributed by atoms with Gasteiger partial charge in [-0.3, -0.25) is 4.79 Å². The van der Waals surface area contributed by atoms with Gasteiger partial charge in [-0.05, 0) is 73.7 Å². The zero-order valence-electron chi connectivity index (χ0n) is 13.8. The van der Waals surface area contributed by atoms with Crippen LogP contribution in [0.25, 0.3) is 10.9 Å². The molecule has 4 heteroatoms. The second kappa shape index (κ2) is 5.71. The molecule has 4 nitrogen and oxygen atoms in total. The predicted molar refractivity (Wildman–Crippen MR) is 98.4 cm³/mol. The Morgan fingerprint density at radius 3 is 2.62 bits per heavy atom. The number of anilines is 2. The first-order chi connectivity index (χ1) is 11.6. The van der Waals surface area contributed by atoms with Crippen LogP contribution in [0.3, 0.4) is 0 Å². The zero-order chi connectivity index (χ0) is 16.7. The Balaban J connectivity index is 1.69. The summed E-state index contributed by atoms with van der Waals surface area (Å²) in [6.07, 6.45) is 4.72. The molecule has 3 N–H and O–H groups in total. The van der Waals surface area contributed by atoms with Crippen LogP contribution in [0.1, 0.15) is 34.5 Å². The van der Waals surface area contributed by atoms with Gasteiger partial charge in [0.15, 0.2) is 0 Å². The number of nitrogens with two attached hydrogens (primary N) is 1. The highest BCUT2D eigenvalue weighted by Gasteiger charge is 2.19. The highest BCUT2D eigenvalue weighted by molar-refractivity contribution is 6.06. The molecular weight excluding hydrogens is 298 g/mol. The van der Waals surface area contributed by atoms with Crippen molar-refractivity contribution >= 4 is 28.2 Å². The van der Waals surface area contributed by atoms with Crippen LogP contribution < -0.4 is 11.1 Å². The summed E-state index contributed by atoms with van der Waals surface area (Å²) in [5, 5.41) is 4.16. The van der Waals surface area contributed by atoms with Crippen molar-refractivity contribution in [1.82, 2.24) is 4.57 Å². The number of nitrogens with zero attached hydrogens (tertiary/aromatic N) is 1. The topological polar surface area (TPSA) is 60.0 Å². The quantitative estimate of drug-likeness (QED) is 0.704. The molecule has 0 aliphatic heterocycles. The fraction of sp³-hybridized carbons (Fsp3) is 0.250. The third-order valence-electron chi connectivity index (χ3n) is 4.96. The van der Waals surface area contributed by atoms with Crippen LogP contribution in [0.15, 0.2) is 42.5 Å². The van der Waals surface area contributed by atoms with E-state index in [1.165, 1.54) is 35.0 Å². The summed E-state index contributed by atoms with van der Waals surface area (Å²) >= 11 is 0. The van der Waals surface area contributed by atoms with Crippen LogP contribution in [0.4, 0.5) is 11.4 Å². The number of amides is 1. The van der Waals surface area contributed by atoms with Gasteiger partial charge in [0.2, 0.25) is 0 Å². The van der Waals surface area contributed by atoms with Crippen LogP contribution in [-0.4, -0.2) is 10.5 Å². The molecule has 1 aromatic heterocycles. The Kier molecular flexibility index (Phi) is 3.53. The van der Waals surface area contributed by atoms with E-state index in [9.17, 15) is 4.79 Å². The molecule has 2 aromatic carbocycles. The number of fused-ring (bicyclic) bond motifs is 3. The Bertz CT molecular complexity index is 922. The average molecular weight is 319 g/mol. The van der Waals surface area contributed by atoms with Crippen molar-refractivity contribution in [3.8, 4) is 0 Å².